The lowest BCUT2D eigenvalue weighted by atomic mass is 10.1. The topological polar surface area (TPSA) is 58.6 Å². The Hall–Kier alpha value is -3.13. The van der Waals surface area contributed by atoms with E-state index in [4.69, 9.17) is 4.84 Å². The SMILES string of the molecule is C=CCCCCCCCCC(=O)Nc1ccc(CN(Cc2ccc(C(F)(F)F)cc2)OC(C)=O)cc1. The predicted molar refractivity (Wildman–Crippen MR) is 135 cm³/mol. The summed E-state index contributed by atoms with van der Waals surface area (Å²) in [6.07, 6.45) is 5.64. The Morgan fingerprint density at radius 2 is 1.42 bits per heavy atom. The first kappa shape index (κ1) is 29.1. The fourth-order valence-corrected chi connectivity index (χ4v) is 3.71. The first-order chi connectivity index (χ1) is 17.2. The Balaban J connectivity index is 1.82. The van der Waals surface area contributed by atoms with E-state index < -0.39 is 17.7 Å². The van der Waals surface area contributed by atoms with E-state index in [9.17, 15) is 22.8 Å². The Kier molecular flexibility index (Phi) is 12.2. The van der Waals surface area contributed by atoms with Gasteiger partial charge in [0.15, 0.2) is 0 Å². The van der Waals surface area contributed by atoms with Crippen LogP contribution < -0.4 is 5.32 Å². The fourth-order valence-electron chi connectivity index (χ4n) is 3.71. The highest BCUT2D eigenvalue weighted by atomic mass is 19.4. The Morgan fingerprint density at radius 3 is 1.94 bits per heavy atom. The minimum Gasteiger partial charge on any atom is -0.368 e. The minimum atomic E-state index is -4.41. The number of amides is 1. The number of hydroxylamine groups is 2. The van der Waals surface area contributed by atoms with Crippen molar-refractivity contribution in [1.82, 2.24) is 5.06 Å². The molecule has 0 saturated heterocycles. The first-order valence-electron chi connectivity index (χ1n) is 12.3. The van der Waals surface area contributed by atoms with Gasteiger partial charge in [-0.3, -0.25) is 9.59 Å². The third-order valence-corrected chi connectivity index (χ3v) is 5.56. The number of unbranched alkanes of at least 4 members (excludes halogenated alkanes) is 6. The summed E-state index contributed by atoms with van der Waals surface area (Å²) < 4.78 is 38.4. The molecular formula is C28H35F3N2O3. The van der Waals surface area contributed by atoms with Crippen LogP contribution >= 0.6 is 0 Å². The number of benzene rings is 2. The molecule has 0 fully saturated rings. The van der Waals surface area contributed by atoms with E-state index in [0.29, 0.717) is 17.7 Å². The first-order valence-corrected chi connectivity index (χ1v) is 12.3. The van der Waals surface area contributed by atoms with Crippen molar-refractivity contribution >= 4 is 17.6 Å². The summed E-state index contributed by atoms with van der Waals surface area (Å²) in [6, 6.07) is 11.9. The number of rotatable bonds is 15. The van der Waals surface area contributed by atoms with Crippen molar-refractivity contribution in [2.45, 2.75) is 77.6 Å². The van der Waals surface area contributed by atoms with Crippen LogP contribution in [0.25, 0.3) is 0 Å². The molecule has 0 aliphatic rings. The van der Waals surface area contributed by atoms with Gasteiger partial charge in [0.2, 0.25) is 5.91 Å². The van der Waals surface area contributed by atoms with Crippen molar-refractivity contribution in [3.05, 3.63) is 77.9 Å². The molecule has 0 radical (unpaired) electrons. The molecule has 36 heavy (non-hydrogen) atoms. The molecule has 196 valence electrons. The number of carbonyl (C=O) groups is 2. The van der Waals surface area contributed by atoms with Crippen LogP contribution in [-0.4, -0.2) is 16.9 Å². The highest BCUT2D eigenvalue weighted by Gasteiger charge is 2.30. The summed E-state index contributed by atoms with van der Waals surface area (Å²) in [5, 5.41) is 4.27. The number of carbonyl (C=O) groups excluding carboxylic acids is 2. The van der Waals surface area contributed by atoms with Crippen LogP contribution in [0.5, 0.6) is 0 Å². The maximum atomic E-state index is 12.8. The molecule has 2 rings (SSSR count). The molecule has 0 atom stereocenters. The number of hydrogen-bond acceptors (Lipinski definition) is 4. The number of alkyl halides is 3. The van der Waals surface area contributed by atoms with Crippen LogP contribution in [-0.2, 0) is 33.7 Å². The molecule has 0 saturated carbocycles. The molecule has 1 N–H and O–H groups in total. The number of nitrogens with one attached hydrogen (secondary N) is 1. The van der Waals surface area contributed by atoms with Crippen molar-refractivity contribution in [3.63, 3.8) is 0 Å². The van der Waals surface area contributed by atoms with Crippen LogP contribution in [0.4, 0.5) is 18.9 Å². The fraction of sp³-hybridized carbons (Fsp3) is 0.429. The largest absolute Gasteiger partial charge is 0.416 e. The highest BCUT2D eigenvalue weighted by molar-refractivity contribution is 5.90. The molecule has 2 aromatic rings. The van der Waals surface area contributed by atoms with Crippen molar-refractivity contribution in [2.75, 3.05) is 5.32 Å². The van der Waals surface area contributed by atoms with Crippen LogP contribution in [0.3, 0.4) is 0 Å². The van der Waals surface area contributed by atoms with Crippen LogP contribution in [0, 0.1) is 0 Å². The average Bonchev–Trinajstić information content (AvgIpc) is 2.81. The molecule has 2 aromatic carbocycles. The van der Waals surface area contributed by atoms with E-state index in [-0.39, 0.29) is 19.0 Å². The highest BCUT2D eigenvalue weighted by Crippen LogP contribution is 2.29. The average molecular weight is 505 g/mol. The van der Waals surface area contributed by atoms with Crippen LogP contribution in [0.15, 0.2) is 61.2 Å². The summed E-state index contributed by atoms with van der Waals surface area (Å²) in [5.74, 6) is -0.555. The number of hydrogen-bond donors (Lipinski definition) is 1. The number of allylic oxidation sites excluding steroid dienone is 1. The molecule has 0 aliphatic heterocycles. The van der Waals surface area contributed by atoms with Gasteiger partial charge in [0.1, 0.15) is 0 Å². The third kappa shape index (κ3) is 11.5. The smallest absolute Gasteiger partial charge is 0.368 e. The summed E-state index contributed by atoms with van der Waals surface area (Å²) in [6.45, 7) is 5.35. The molecular weight excluding hydrogens is 469 g/mol. The van der Waals surface area contributed by atoms with Gasteiger partial charge in [-0.2, -0.15) is 13.2 Å². The van der Waals surface area contributed by atoms with E-state index in [1.54, 1.807) is 12.1 Å². The lowest BCUT2D eigenvalue weighted by Crippen LogP contribution is -2.25. The normalized spacial score (nSPS) is 11.4. The van der Waals surface area contributed by atoms with Crippen LogP contribution in [0.2, 0.25) is 0 Å². The van der Waals surface area contributed by atoms with Crippen molar-refractivity contribution < 1.29 is 27.6 Å². The summed E-state index contributed by atoms with van der Waals surface area (Å²) in [5.41, 5.74) is 1.33. The van der Waals surface area contributed by atoms with Gasteiger partial charge in [-0.15, -0.1) is 11.6 Å². The van der Waals surface area contributed by atoms with Gasteiger partial charge in [0, 0.05) is 19.0 Å². The zero-order valence-corrected chi connectivity index (χ0v) is 20.8. The second-order valence-corrected chi connectivity index (χ2v) is 8.77. The molecule has 0 spiro atoms. The molecule has 8 heteroatoms. The second kappa shape index (κ2) is 15.1. The summed E-state index contributed by atoms with van der Waals surface area (Å²) in [4.78, 5) is 29.0. The van der Waals surface area contributed by atoms with Crippen molar-refractivity contribution in [2.24, 2.45) is 0 Å². The van der Waals surface area contributed by atoms with Gasteiger partial charge in [-0.1, -0.05) is 56.0 Å². The maximum absolute atomic E-state index is 12.8. The number of nitrogens with zero attached hydrogens (tertiary/aromatic N) is 1. The maximum Gasteiger partial charge on any atom is 0.416 e. The molecule has 0 heterocycles. The van der Waals surface area contributed by atoms with E-state index in [2.05, 4.69) is 11.9 Å². The van der Waals surface area contributed by atoms with E-state index in [0.717, 1.165) is 43.4 Å². The molecule has 0 aliphatic carbocycles. The number of anilines is 1. The van der Waals surface area contributed by atoms with Gasteiger partial charge in [-0.05, 0) is 54.7 Å². The van der Waals surface area contributed by atoms with Gasteiger partial charge < -0.3 is 10.2 Å². The molecule has 1 amide bonds. The molecule has 5 nitrogen and oxygen atoms in total. The van der Waals surface area contributed by atoms with Gasteiger partial charge in [0.25, 0.3) is 0 Å². The Morgan fingerprint density at radius 1 is 0.889 bits per heavy atom. The van der Waals surface area contributed by atoms with Gasteiger partial charge in [0.05, 0.1) is 18.7 Å². The predicted octanol–water partition coefficient (Wildman–Crippen LogP) is 7.43. The third-order valence-electron chi connectivity index (χ3n) is 5.56. The zero-order valence-electron chi connectivity index (χ0n) is 20.8. The van der Waals surface area contributed by atoms with E-state index in [1.807, 2.05) is 18.2 Å². The van der Waals surface area contributed by atoms with Crippen LogP contribution in [0.1, 0.15) is 75.0 Å². The number of halogens is 3. The lowest BCUT2D eigenvalue weighted by Gasteiger charge is -2.21. The van der Waals surface area contributed by atoms with E-state index in [1.165, 1.54) is 43.4 Å². The molecule has 0 aromatic heterocycles. The Labute approximate surface area is 211 Å². The molecule has 0 unspecified atom stereocenters. The lowest BCUT2D eigenvalue weighted by molar-refractivity contribution is -0.194. The van der Waals surface area contributed by atoms with E-state index >= 15 is 0 Å². The van der Waals surface area contributed by atoms with Gasteiger partial charge in [-0.25, -0.2) is 0 Å². The second-order valence-electron chi connectivity index (χ2n) is 8.77. The summed E-state index contributed by atoms with van der Waals surface area (Å²) in [7, 11) is 0. The monoisotopic (exact) mass is 504 g/mol. The van der Waals surface area contributed by atoms with Crippen molar-refractivity contribution in [3.8, 4) is 0 Å². The summed E-state index contributed by atoms with van der Waals surface area (Å²) >= 11 is 0. The Bertz CT molecular complexity index is 958. The molecule has 0 bridgehead atoms. The zero-order chi connectivity index (χ0) is 26.4. The van der Waals surface area contributed by atoms with Gasteiger partial charge >= 0.3 is 12.1 Å². The standard InChI is InChI=1S/C28H35F3N2O3/c1-3-4-5-6-7-8-9-10-11-27(35)32-26-18-14-24(15-19-26)21-33(36-22(2)34)20-23-12-16-25(17-13-23)28(29,30)31/h3,12-19H,1,4-11,20-21H2,2H3,(H,32,35). The quantitative estimate of drug-likeness (QED) is 0.156. The minimum absolute atomic E-state index is 0.0294. The van der Waals surface area contributed by atoms with Crippen molar-refractivity contribution in [1.29, 1.82) is 0 Å².